The van der Waals surface area contributed by atoms with Crippen LogP contribution in [0.5, 0.6) is 0 Å². The standard InChI is InChI=1S/C18H21ClN2O3/c19-14-5-3-13(4-6-14)17-8-7-16(24-17)10-20-18(23)12-21-9-1-2-15(22)11-21/h3-8,15,22H,1-2,9-12H2,(H,20,23)/t15-/m1/s1. The Morgan fingerprint density at radius 3 is 2.83 bits per heavy atom. The van der Waals surface area contributed by atoms with E-state index in [9.17, 15) is 9.90 Å². The molecule has 2 N–H and O–H groups in total. The van der Waals surface area contributed by atoms with Gasteiger partial charge in [-0.1, -0.05) is 11.6 Å². The van der Waals surface area contributed by atoms with Crippen molar-refractivity contribution >= 4 is 17.5 Å². The number of furan rings is 1. The second kappa shape index (κ2) is 7.83. The van der Waals surface area contributed by atoms with E-state index in [0.29, 0.717) is 30.4 Å². The largest absolute Gasteiger partial charge is 0.459 e. The zero-order valence-corrected chi connectivity index (χ0v) is 14.1. The van der Waals surface area contributed by atoms with Gasteiger partial charge in [-0.25, -0.2) is 0 Å². The number of piperidine rings is 1. The molecule has 3 rings (SSSR count). The van der Waals surface area contributed by atoms with Crippen LogP contribution in [-0.4, -0.2) is 41.7 Å². The van der Waals surface area contributed by atoms with Gasteiger partial charge in [-0.2, -0.15) is 0 Å². The molecule has 1 atom stereocenters. The number of hydrogen-bond donors (Lipinski definition) is 2. The summed E-state index contributed by atoms with van der Waals surface area (Å²) in [6.07, 6.45) is 1.42. The first kappa shape index (κ1) is 17.0. The number of rotatable bonds is 5. The summed E-state index contributed by atoms with van der Waals surface area (Å²) in [5.74, 6) is 1.38. The van der Waals surface area contributed by atoms with Gasteiger partial charge in [-0.3, -0.25) is 9.69 Å². The van der Waals surface area contributed by atoms with Gasteiger partial charge in [0.1, 0.15) is 11.5 Å². The van der Waals surface area contributed by atoms with Crippen LogP contribution in [0.3, 0.4) is 0 Å². The second-order valence-corrected chi connectivity index (χ2v) is 6.52. The van der Waals surface area contributed by atoms with Gasteiger partial charge in [-0.15, -0.1) is 0 Å². The number of benzene rings is 1. The van der Waals surface area contributed by atoms with Crippen LogP contribution >= 0.6 is 11.6 Å². The molecular formula is C18H21ClN2O3. The highest BCUT2D eigenvalue weighted by molar-refractivity contribution is 6.30. The molecule has 1 fully saturated rings. The highest BCUT2D eigenvalue weighted by atomic mass is 35.5. The molecule has 1 aromatic carbocycles. The maximum Gasteiger partial charge on any atom is 0.234 e. The van der Waals surface area contributed by atoms with E-state index in [-0.39, 0.29) is 12.0 Å². The number of β-amino-alcohol motifs (C(OH)–C–C–N with tert-alkyl or cyclic N) is 1. The van der Waals surface area contributed by atoms with Gasteiger partial charge in [-0.05, 0) is 55.8 Å². The quantitative estimate of drug-likeness (QED) is 0.872. The minimum absolute atomic E-state index is 0.0615. The third-order valence-electron chi connectivity index (χ3n) is 4.10. The van der Waals surface area contributed by atoms with Crippen molar-refractivity contribution in [3.05, 3.63) is 47.2 Å². The second-order valence-electron chi connectivity index (χ2n) is 6.08. The van der Waals surface area contributed by atoms with Crippen LogP contribution in [0.15, 0.2) is 40.8 Å². The molecule has 5 nitrogen and oxygen atoms in total. The molecule has 0 aliphatic carbocycles. The van der Waals surface area contributed by atoms with Crippen LogP contribution < -0.4 is 5.32 Å². The van der Waals surface area contributed by atoms with E-state index in [4.69, 9.17) is 16.0 Å². The van der Waals surface area contributed by atoms with Crippen LogP contribution in [0.25, 0.3) is 11.3 Å². The van der Waals surface area contributed by atoms with Crippen LogP contribution in [0.1, 0.15) is 18.6 Å². The molecule has 0 saturated carbocycles. The van der Waals surface area contributed by atoms with Crippen molar-refractivity contribution in [1.29, 1.82) is 0 Å². The first-order valence-electron chi connectivity index (χ1n) is 8.12. The van der Waals surface area contributed by atoms with Crippen molar-refractivity contribution in [1.82, 2.24) is 10.2 Å². The SMILES string of the molecule is O=C(CN1CCC[C@@H](O)C1)NCc1ccc(-c2ccc(Cl)cc2)o1. The lowest BCUT2D eigenvalue weighted by atomic mass is 10.1. The van der Waals surface area contributed by atoms with Gasteiger partial charge in [0.15, 0.2) is 0 Å². The third kappa shape index (κ3) is 4.60. The first-order valence-corrected chi connectivity index (χ1v) is 8.50. The topological polar surface area (TPSA) is 65.7 Å². The van der Waals surface area contributed by atoms with E-state index in [1.54, 1.807) is 0 Å². The molecular weight excluding hydrogens is 328 g/mol. The number of likely N-dealkylation sites (tertiary alicyclic amines) is 1. The molecule has 0 unspecified atom stereocenters. The average molecular weight is 349 g/mol. The van der Waals surface area contributed by atoms with Gasteiger partial charge in [0.05, 0.1) is 19.2 Å². The molecule has 1 saturated heterocycles. The monoisotopic (exact) mass is 348 g/mol. The Kier molecular flexibility index (Phi) is 5.56. The predicted molar refractivity (Wildman–Crippen MR) is 92.7 cm³/mol. The van der Waals surface area contributed by atoms with Crippen LogP contribution in [0.4, 0.5) is 0 Å². The average Bonchev–Trinajstić information content (AvgIpc) is 3.03. The number of nitrogens with zero attached hydrogens (tertiary/aromatic N) is 1. The van der Waals surface area contributed by atoms with Crippen molar-refractivity contribution < 1.29 is 14.3 Å². The number of carbonyl (C=O) groups excluding carboxylic acids is 1. The fourth-order valence-corrected chi connectivity index (χ4v) is 2.99. The number of amides is 1. The molecule has 0 spiro atoms. The van der Waals surface area contributed by atoms with Gasteiger partial charge in [0, 0.05) is 17.1 Å². The van der Waals surface area contributed by atoms with E-state index in [1.165, 1.54) is 0 Å². The molecule has 0 radical (unpaired) electrons. The Hall–Kier alpha value is -1.82. The van der Waals surface area contributed by atoms with E-state index >= 15 is 0 Å². The summed E-state index contributed by atoms with van der Waals surface area (Å²) in [6.45, 7) is 2.07. The number of aliphatic hydroxyl groups excluding tert-OH is 1. The summed E-state index contributed by atoms with van der Waals surface area (Å²) < 4.78 is 5.76. The molecule has 0 bridgehead atoms. The van der Waals surface area contributed by atoms with Crippen molar-refractivity contribution in [3.8, 4) is 11.3 Å². The molecule has 128 valence electrons. The van der Waals surface area contributed by atoms with Gasteiger partial charge in [0.2, 0.25) is 5.91 Å². The van der Waals surface area contributed by atoms with Gasteiger partial charge in [0.25, 0.3) is 0 Å². The predicted octanol–water partition coefficient (Wildman–Crippen LogP) is 2.67. The van der Waals surface area contributed by atoms with Crippen LogP contribution in [-0.2, 0) is 11.3 Å². The van der Waals surface area contributed by atoms with Crippen molar-refractivity contribution in [2.45, 2.75) is 25.5 Å². The normalized spacial score (nSPS) is 18.5. The highest BCUT2D eigenvalue weighted by Gasteiger charge is 2.19. The third-order valence-corrected chi connectivity index (χ3v) is 4.35. The Labute approximate surface area is 146 Å². The molecule has 2 heterocycles. The van der Waals surface area contributed by atoms with Crippen LogP contribution in [0, 0.1) is 0 Å². The minimum atomic E-state index is -0.321. The van der Waals surface area contributed by atoms with E-state index in [0.717, 1.165) is 30.7 Å². The Morgan fingerprint density at radius 2 is 2.08 bits per heavy atom. The Bertz CT molecular complexity index is 684. The molecule has 1 aromatic heterocycles. The lowest BCUT2D eigenvalue weighted by Crippen LogP contribution is -2.44. The zero-order chi connectivity index (χ0) is 16.9. The minimum Gasteiger partial charge on any atom is -0.459 e. The molecule has 2 aromatic rings. The fraction of sp³-hybridized carbons (Fsp3) is 0.389. The summed E-state index contributed by atoms with van der Waals surface area (Å²) in [7, 11) is 0. The molecule has 1 aliphatic rings. The lowest BCUT2D eigenvalue weighted by molar-refractivity contribution is -0.123. The summed E-state index contributed by atoms with van der Waals surface area (Å²) >= 11 is 5.88. The number of hydrogen-bond acceptors (Lipinski definition) is 4. The highest BCUT2D eigenvalue weighted by Crippen LogP contribution is 2.23. The van der Waals surface area contributed by atoms with Crippen LogP contribution in [0.2, 0.25) is 5.02 Å². The van der Waals surface area contributed by atoms with E-state index in [1.807, 2.05) is 41.3 Å². The molecule has 1 aliphatic heterocycles. The number of carbonyl (C=O) groups is 1. The molecule has 6 heteroatoms. The van der Waals surface area contributed by atoms with E-state index < -0.39 is 0 Å². The van der Waals surface area contributed by atoms with Gasteiger partial charge < -0.3 is 14.8 Å². The molecule has 1 amide bonds. The van der Waals surface area contributed by atoms with E-state index in [2.05, 4.69) is 5.32 Å². The van der Waals surface area contributed by atoms with Gasteiger partial charge >= 0.3 is 0 Å². The smallest absolute Gasteiger partial charge is 0.234 e. The number of nitrogens with one attached hydrogen (secondary N) is 1. The summed E-state index contributed by atoms with van der Waals surface area (Å²) in [6, 6.07) is 11.2. The lowest BCUT2D eigenvalue weighted by Gasteiger charge is -2.29. The summed E-state index contributed by atoms with van der Waals surface area (Å²) in [5, 5.41) is 13.2. The zero-order valence-electron chi connectivity index (χ0n) is 13.4. The maximum atomic E-state index is 12.0. The summed E-state index contributed by atoms with van der Waals surface area (Å²) in [4.78, 5) is 14.0. The molecule has 24 heavy (non-hydrogen) atoms. The summed E-state index contributed by atoms with van der Waals surface area (Å²) in [5.41, 5.74) is 0.944. The Morgan fingerprint density at radius 1 is 1.29 bits per heavy atom. The number of halogens is 1. The fourth-order valence-electron chi connectivity index (χ4n) is 2.86. The first-order chi connectivity index (χ1) is 11.6. The van der Waals surface area contributed by atoms with Crippen molar-refractivity contribution in [2.75, 3.05) is 19.6 Å². The van der Waals surface area contributed by atoms with Crippen molar-refractivity contribution in [2.24, 2.45) is 0 Å². The number of aliphatic hydroxyl groups is 1. The van der Waals surface area contributed by atoms with Crippen molar-refractivity contribution in [3.63, 3.8) is 0 Å². The Balaban J connectivity index is 1.50. The maximum absolute atomic E-state index is 12.0.